The number of hydrogen-bond acceptors (Lipinski definition) is 5. The molecule has 0 aliphatic heterocycles. The Morgan fingerprint density at radius 2 is 1.89 bits per heavy atom. The molecule has 2 aromatic rings. The normalized spacial score (nSPS) is 11.1. The summed E-state index contributed by atoms with van der Waals surface area (Å²) in [6.07, 6.45) is 0. The van der Waals surface area contributed by atoms with E-state index in [0.717, 1.165) is 15.9 Å². The van der Waals surface area contributed by atoms with Gasteiger partial charge in [-0.2, -0.15) is 0 Å². The summed E-state index contributed by atoms with van der Waals surface area (Å²) in [7, 11) is -2.93. The number of esters is 1. The average Bonchev–Trinajstić information content (AvgIpc) is 2.62. The quantitative estimate of drug-likeness (QED) is 0.673. The summed E-state index contributed by atoms with van der Waals surface area (Å²) in [6, 6.07) is 8.46. The van der Waals surface area contributed by atoms with E-state index in [1.165, 1.54) is 19.2 Å². The monoisotopic (exact) mass is 395 g/mol. The lowest BCUT2D eigenvalue weighted by Crippen LogP contribution is -2.37. The number of halogens is 1. The third-order valence-electron chi connectivity index (χ3n) is 4.13. The van der Waals surface area contributed by atoms with E-state index in [-0.39, 0.29) is 17.3 Å². The molecule has 0 saturated carbocycles. The number of methoxy groups -OCH3 is 1. The van der Waals surface area contributed by atoms with Crippen LogP contribution in [0, 0.1) is 19.7 Å². The molecule has 27 heavy (non-hydrogen) atoms. The van der Waals surface area contributed by atoms with Crippen molar-refractivity contribution in [3.8, 4) is 5.75 Å². The fourth-order valence-corrected chi connectivity index (χ4v) is 4.04. The van der Waals surface area contributed by atoms with Gasteiger partial charge in [0, 0.05) is 0 Å². The number of hydrogen-bond donors (Lipinski definition) is 0. The van der Waals surface area contributed by atoms with Crippen molar-refractivity contribution in [2.24, 2.45) is 0 Å². The standard InChI is InChI=1S/C19H22FNO5S/c1-5-26-19(22)12-21(17-8-6-7-13(2)14(17)3)27(23,24)15-9-10-18(25-4)16(20)11-15/h6-11H,5,12H2,1-4H3. The van der Waals surface area contributed by atoms with E-state index in [9.17, 15) is 17.6 Å². The highest BCUT2D eigenvalue weighted by atomic mass is 32.2. The molecule has 0 aliphatic carbocycles. The van der Waals surface area contributed by atoms with Crippen LogP contribution in [0.25, 0.3) is 0 Å². The van der Waals surface area contributed by atoms with Gasteiger partial charge in [0.15, 0.2) is 11.6 Å². The number of nitrogens with zero attached hydrogens (tertiary/aromatic N) is 1. The number of benzene rings is 2. The minimum Gasteiger partial charge on any atom is -0.494 e. The summed E-state index contributed by atoms with van der Waals surface area (Å²) in [5.41, 5.74) is 1.89. The molecule has 0 N–H and O–H groups in total. The van der Waals surface area contributed by atoms with Crippen LogP contribution in [0.15, 0.2) is 41.3 Å². The first-order valence-electron chi connectivity index (χ1n) is 8.30. The van der Waals surface area contributed by atoms with Gasteiger partial charge in [-0.25, -0.2) is 12.8 Å². The Kier molecular flexibility index (Phi) is 6.43. The lowest BCUT2D eigenvalue weighted by molar-refractivity contribution is -0.141. The predicted octanol–water partition coefficient (Wildman–Crippen LogP) is 3.21. The summed E-state index contributed by atoms with van der Waals surface area (Å²) in [4.78, 5) is 11.8. The van der Waals surface area contributed by atoms with Crippen LogP contribution in [0.1, 0.15) is 18.1 Å². The fraction of sp³-hybridized carbons (Fsp3) is 0.316. The van der Waals surface area contributed by atoms with E-state index in [1.54, 1.807) is 26.0 Å². The molecule has 0 radical (unpaired) electrons. The van der Waals surface area contributed by atoms with Crippen LogP contribution in [-0.4, -0.2) is 34.6 Å². The molecule has 2 aromatic carbocycles. The number of rotatable bonds is 7. The maximum atomic E-state index is 14.1. The van der Waals surface area contributed by atoms with E-state index in [1.807, 2.05) is 13.0 Å². The zero-order valence-electron chi connectivity index (χ0n) is 15.7. The van der Waals surface area contributed by atoms with Gasteiger partial charge in [0.25, 0.3) is 10.0 Å². The Hall–Kier alpha value is -2.61. The lowest BCUT2D eigenvalue weighted by atomic mass is 10.1. The molecule has 0 fully saturated rings. The van der Waals surface area contributed by atoms with E-state index in [4.69, 9.17) is 9.47 Å². The smallest absolute Gasteiger partial charge is 0.326 e. The van der Waals surface area contributed by atoms with Crippen molar-refractivity contribution >= 4 is 21.7 Å². The molecule has 0 atom stereocenters. The molecule has 0 unspecified atom stereocenters. The van der Waals surface area contributed by atoms with Crippen molar-refractivity contribution in [3.05, 3.63) is 53.3 Å². The molecule has 0 saturated heterocycles. The molecule has 2 rings (SSSR count). The Morgan fingerprint density at radius 1 is 1.19 bits per heavy atom. The zero-order chi connectivity index (χ0) is 20.2. The highest BCUT2D eigenvalue weighted by Crippen LogP contribution is 2.30. The van der Waals surface area contributed by atoms with Crippen molar-refractivity contribution < 1.29 is 27.1 Å². The first-order chi connectivity index (χ1) is 12.7. The molecule has 0 aliphatic rings. The SMILES string of the molecule is CCOC(=O)CN(c1cccc(C)c1C)S(=O)(=O)c1ccc(OC)c(F)c1. The fourth-order valence-electron chi connectivity index (χ4n) is 2.56. The maximum Gasteiger partial charge on any atom is 0.326 e. The van der Waals surface area contributed by atoms with Gasteiger partial charge in [-0.3, -0.25) is 9.10 Å². The Bertz CT molecular complexity index is 943. The molecule has 0 bridgehead atoms. The van der Waals surface area contributed by atoms with Crippen LogP contribution in [-0.2, 0) is 19.6 Å². The first-order valence-corrected chi connectivity index (χ1v) is 9.74. The Labute approximate surface area is 158 Å². The molecule has 0 aromatic heterocycles. The average molecular weight is 395 g/mol. The van der Waals surface area contributed by atoms with Crippen LogP contribution in [0.2, 0.25) is 0 Å². The molecule has 8 heteroatoms. The minimum atomic E-state index is -4.22. The largest absolute Gasteiger partial charge is 0.494 e. The van der Waals surface area contributed by atoms with Gasteiger partial charge in [0.05, 0.1) is 24.3 Å². The second-order valence-corrected chi connectivity index (χ2v) is 7.69. The Morgan fingerprint density at radius 3 is 2.48 bits per heavy atom. The summed E-state index contributed by atoms with van der Waals surface area (Å²) in [5, 5.41) is 0. The molecular formula is C19H22FNO5S. The van der Waals surface area contributed by atoms with Gasteiger partial charge in [0.2, 0.25) is 0 Å². The van der Waals surface area contributed by atoms with Gasteiger partial charge in [-0.05, 0) is 56.2 Å². The van der Waals surface area contributed by atoms with Gasteiger partial charge in [-0.1, -0.05) is 12.1 Å². The van der Waals surface area contributed by atoms with Crippen LogP contribution in [0.5, 0.6) is 5.75 Å². The van der Waals surface area contributed by atoms with Gasteiger partial charge in [0.1, 0.15) is 6.54 Å². The van der Waals surface area contributed by atoms with Crippen molar-refractivity contribution in [1.82, 2.24) is 0 Å². The first kappa shape index (κ1) is 20.7. The molecule has 146 valence electrons. The summed E-state index contributed by atoms with van der Waals surface area (Å²) < 4.78 is 51.2. The number of carbonyl (C=O) groups excluding carboxylic acids is 1. The second-order valence-electron chi connectivity index (χ2n) is 5.83. The number of anilines is 1. The number of sulfonamides is 1. The van der Waals surface area contributed by atoms with Gasteiger partial charge in [-0.15, -0.1) is 0 Å². The number of carbonyl (C=O) groups is 1. The highest BCUT2D eigenvalue weighted by molar-refractivity contribution is 7.92. The number of aryl methyl sites for hydroxylation is 1. The van der Waals surface area contributed by atoms with Crippen molar-refractivity contribution in [2.45, 2.75) is 25.7 Å². The number of ether oxygens (including phenoxy) is 2. The molecule has 0 spiro atoms. The minimum absolute atomic E-state index is 0.0716. The van der Waals surface area contributed by atoms with E-state index < -0.39 is 28.4 Å². The van der Waals surface area contributed by atoms with Crippen molar-refractivity contribution in [3.63, 3.8) is 0 Å². The van der Waals surface area contributed by atoms with Gasteiger partial charge < -0.3 is 9.47 Å². The third kappa shape index (κ3) is 4.39. The van der Waals surface area contributed by atoms with Crippen LogP contribution in [0.4, 0.5) is 10.1 Å². The maximum absolute atomic E-state index is 14.1. The Balaban J connectivity index is 2.59. The van der Waals surface area contributed by atoms with E-state index >= 15 is 0 Å². The summed E-state index contributed by atoms with van der Waals surface area (Å²) in [5.74, 6) is -1.58. The summed E-state index contributed by atoms with van der Waals surface area (Å²) in [6.45, 7) is 4.83. The molecule has 0 amide bonds. The van der Waals surface area contributed by atoms with Crippen LogP contribution >= 0.6 is 0 Å². The molecule has 6 nitrogen and oxygen atoms in total. The second kappa shape index (κ2) is 8.39. The lowest BCUT2D eigenvalue weighted by Gasteiger charge is -2.26. The topological polar surface area (TPSA) is 72.9 Å². The van der Waals surface area contributed by atoms with Crippen molar-refractivity contribution in [1.29, 1.82) is 0 Å². The van der Waals surface area contributed by atoms with Crippen LogP contribution < -0.4 is 9.04 Å². The van der Waals surface area contributed by atoms with E-state index in [0.29, 0.717) is 11.3 Å². The predicted molar refractivity (Wildman–Crippen MR) is 100 cm³/mol. The molecular weight excluding hydrogens is 373 g/mol. The van der Waals surface area contributed by atoms with Crippen LogP contribution in [0.3, 0.4) is 0 Å². The molecule has 0 heterocycles. The van der Waals surface area contributed by atoms with Gasteiger partial charge >= 0.3 is 5.97 Å². The zero-order valence-corrected chi connectivity index (χ0v) is 16.5. The third-order valence-corrected chi connectivity index (χ3v) is 5.89. The van der Waals surface area contributed by atoms with Crippen molar-refractivity contribution in [2.75, 3.05) is 24.6 Å². The van der Waals surface area contributed by atoms with E-state index in [2.05, 4.69) is 0 Å². The summed E-state index contributed by atoms with van der Waals surface area (Å²) >= 11 is 0. The highest BCUT2D eigenvalue weighted by Gasteiger charge is 2.29.